The molecule has 0 aliphatic carbocycles. The summed E-state index contributed by atoms with van der Waals surface area (Å²) in [5, 5.41) is 5.92. The topological polar surface area (TPSA) is 90.0 Å². The maximum atomic E-state index is 12.9. The normalized spacial score (nSPS) is 11.0. The summed E-state index contributed by atoms with van der Waals surface area (Å²) >= 11 is 2.78. The summed E-state index contributed by atoms with van der Waals surface area (Å²) < 4.78 is 7.05. The number of aryl methyl sites for hydroxylation is 2. The summed E-state index contributed by atoms with van der Waals surface area (Å²) in [6.45, 7) is 7.98. The fourth-order valence-electron chi connectivity index (χ4n) is 2.98. The second kappa shape index (κ2) is 8.91. The second-order valence-electron chi connectivity index (χ2n) is 6.93. The lowest BCUT2D eigenvalue weighted by Gasteiger charge is -2.09. The number of fused-ring (bicyclic) bond motifs is 1. The van der Waals surface area contributed by atoms with Crippen LogP contribution in [0.15, 0.2) is 62.9 Å². The molecule has 0 aliphatic rings. The Labute approximate surface area is 186 Å². The van der Waals surface area contributed by atoms with Gasteiger partial charge in [-0.2, -0.15) is 0 Å². The van der Waals surface area contributed by atoms with Crippen LogP contribution in [-0.4, -0.2) is 20.4 Å². The molecule has 0 bridgehead atoms. The van der Waals surface area contributed by atoms with Gasteiger partial charge in [-0.15, -0.1) is 17.9 Å². The third kappa shape index (κ3) is 4.47. The molecule has 9 heteroatoms. The van der Waals surface area contributed by atoms with Crippen LogP contribution in [0.1, 0.15) is 27.5 Å². The molecule has 0 radical (unpaired) electrons. The SMILES string of the molecule is C=CCn1c(SCc2nc(C(=O)Nc3ccc(C)cc3)co2)nc2scc(C)c2c1=O. The Bertz CT molecular complexity index is 1320. The fraction of sp³-hybridized carbons (Fsp3) is 0.182. The molecule has 4 aromatic rings. The van der Waals surface area contributed by atoms with Crippen molar-refractivity contribution in [2.24, 2.45) is 0 Å². The Balaban J connectivity index is 1.50. The van der Waals surface area contributed by atoms with Gasteiger partial charge in [0.15, 0.2) is 10.9 Å². The largest absolute Gasteiger partial charge is 0.447 e. The van der Waals surface area contributed by atoms with Crippen LogP contribution in [0.4, 0.5) is 5.69 Å². The average molecular weight is 453 g/mol. The van der Waals surface area contributed by atoms with Crippen molar-refractivity contribution in [1.29, 1.82) is 0 Å². The zero-order valence-corrected chi connectivity index (χ0v) is 18.7. The molecule has 31 heavy (non-hydrogen) atoms. The molecule has 1 aromatic carbocycles. The van der Waals surface area contributed by atoms with Crippen molar-refractivity contribution in [2.45, 2.75) is 31.3 Å². The van der Waals surface area contributed by atoms with E-state index in [1.807, 2.05) is 43.5 Å². The summed E-state index contributed by atoms with van der Waals surface area (Å²) in [5.74, 6) is 0.360. The number of carbonyl (C=O) groups is 1. The van der Waals surface area contributed by atoms with Crippen LogP contribution in [0.2, 0.25) is 0 Å². The van der Waals surface area contributed by atoms with Crippen LogP contribution in [0.25, 0.3) is 10.2 Å². The highest BCUT2D eigenvalue weighted by atomic mass is 32.2. The number of hydrogen-bond acceptors (Lipinski definition) is 7. The molecule has 0 saturated carbocycles. The van der Waals surface area contributed by atoms with E-state index in [0.29, 0.717) is 39.2 Å². The molecule has 1 amide bonds. The van der Waals surface area contributed by atoms with Gasteiger partial charge in [-0.1, -0.05) is 35.5 Å². The van der Waals surface area contributed by atoms with Crippen molar-refractivity contribution >= 4 is 44.9 Å². The van der Waals surface area contributed by atoms with E-state index in [4.69, 9.17) is 4.42 Å². The number of anilines is 1. The molecular weight excluding hydrogens is 432 g/mol. The number of thioether (sulfide) groups is 1. The zero-order valence-electron chi connectivity index (χ0n) is 17.0. The van der Waals surface area contributed by atoms with Gasteiger partial charge in [-0.25, -0.2) is 9.97 Å². The molecule has 0 saturated heterocycles. The lowest BCUT2D eigenvalue weighted by atomic mass is 10.2. The lowest BCUT2D eigenvalue weighted by Crippen LogP contribution is -2.22. The van der Waals surface area contributed by atoms with Crippen LogP contribution in [0.5, 0.6) is 0 Å². The predicted molar refractivity (Wildman–Crippen MR) is 124 cm³/mol. The fourth-order valence-corrected chi connectivity index (χ4v) is 4.81. The highest BCUT2D eigenvalue weighted by molar-refractivity contribution is 7.98. The van der Waals surface area contributed by atoms with Crippen LogP contribution in [0, 0.1) is 13.8 Å². The number of nitrogens with zero attached hydrogens (tertiary/aromatic N) is 3. The van der Waals surface area contributed by atoms with Gasteiger partial charge in [0.1, 0.15) is 11.1 Å². The minimum Gasteiger partial charge on any atom is -0.447 e. The van der Waals surface area contributed by atoms with Crippen LogP contribution in [0.3, 0.4) is 0 Å². The molecule has 3 aromatic heterocycles. The number of benzene rings is 1. The minimum absolute atomic E-state index is 0.0864. The first-order chi connectivity index (χ1) is 15.0. The van der Waals surface area contributed by atoms with Gasteiger partial charge >= 0.3 is 0 Å². The van der Waals surface area contributed by atoms with E-state index in [1.165, 1.54) is 29.4 Å². The highest BCUT2D eigenvalue weighted by Crippen LogP contribution is 2.26. The van der Waals surface area contributed by atoms with Crippen molar-refractivity contribution in [2.75, 3.05) is 5.32 Å². The maximum absolute atomic E-state index is 12.9. The molecule has 0 spiro atoms. The Morgan fingerprint density at radius 3 is 2.81 bits per heavy atom. The van der Waals surface area contributed by atoms with Gasteiger partial charge in [0.05, 0.1) is 11.1 Å². The quantitative estimate of drug-likeness (QED) is 0.246. The number of aromatic nitrogens is 3. The first-order valence-electron chi connectivity index (χ1n) is 9.51. The number of nitrogens with one attached hydrogen (secondary N) is 1. The third-order valence-corrected chi connectivity index (χ3v) is 6.52. The first kappa shape index (κ1) is 21.1. The van der Waals surface area contributed by atoms with Gasteiger partial charge in [0.25, 0.3) is 11.5 Å². The van der Waals surface area contributed by atoms with Gasteiger partial charge in [0, 0.05) is 12.2 Å². The molecule has 0 aliphatic heterocycles. The highest BCUT2D eigenvalue weighted by Gasteiger charge is 2.17. The van der Waals surface area contributed by atoms with Gasteiger partial charge in [-0.3, -0.25) is 14.2 Å². The lowest BCUT2D eigenvalue weighted by molar-refractivity contribution is 0.102. The molecule has 1 N–H and O–H groups in total. The molecule has 7 nitrogen and oxygen atoms in total. The molecule has 0 atom stereocenters. The van der Waals surface area contributed by atoms with E-state index >= 15 is 0 Å². The van der Waals surface area contributed by atoms with Crippen molar-refractivity contribution < 1.29 is 9.21 Å². The van der Waals surface area contributed by atoms with E-state index < -0.39 is 0 Å². The van der Waals surface area contributed by atoms with E-state index in [-0.39, 0.29) is 17.2 Å². The van der Waals surface area contributed by atoms with Crippen LogP contribution in [-0.2, 0) is 12.3 Å². The molecule has 0 fully saturated rings. The number of thiophene rings is 1. The van der Waals surface area contributed by atoms with E-state index in [9.17, 15) is 9.59 Å². The van der Waals surface area contributed by atoms with E-state index in [0.717, 1.165) is 11.1 Å². The van der Waals surface area contributed by atoms with E-state index in [1.54, 1.807) is 10.6 Å². The standard InChI is InChI=1S/C22H20N4O3S2/c1-4-9-26-21(28)18-14(3)11-30-20(18)25-22(26)31-12-17-24-16(10-29-17)19(27)23-15-7-5-13(2)6-8-15/h4-8,10-11H,1,9,12H2,2-3H3,(H,23,27). The Hall–Kier alpha value is -3.17. The number of hydrogen-bond donors (Lipinski definition) is 1. The van der Waals surface area contributed by atoms with Crippen molar-refractivity contribution in [1.82, 2.24) is 14.5 Å². The average Bonchev–Trinajstić information content (AvgIpc) is 3.37. The summed E-state index contributed by atoms with van der Waals surface area (Å²) in [5.41, 5.74) is 2.82. The Morgan fingerprint density at radius 1 is 1.29 bits per heavy atom. The van der Waals surface area contributed by atoms with Gasteiger partial charge in [-0.05, 0) is 36.9 Å². The van der Waals surface area contributed by atoms with Crippen LogP contribution < -0.4 is 10.9 Å². The molecule has 4 rings (SSSR count). The number of rotatable bonds is 7. The summed E-state index contributed by atoms with van der Waals surface area (Å²) in [7, 11) is 0. The van der Waals surface area contributed by atoms with Gasteiger partial charge in [0.2, 0.25) is 5.89 Å². The number of carbonyl (C=O) groups excluding carboxylic acids is 1. The number of allylic oxidation sites excluding steroid dienone is 1. The number of amides is 1. The Kier molecular flexibility index (Phi) is 6.06. The third-order valence-electron chi connectivity index (χ3n) is 4.57. The summed E-state index contributed by atoms with van der Waals surface area (Å²) in [6, 6.07) is 7.50. The molecule has 158 valence electrons. The first-order valence-corrected chi connectivity index (χ1v) is 11.4. The molecule has 0 unspecified atom stereocenters. The van der Waals surface area contributed by atoms with Crippen molar-refractivity contribution in [3.63, 3.8) is 0 Å². The van der Waals surface area contributed by atoms with Crippen molar-refractivity contribution in [3.8, 4) is 0 Å². The Morgan fingerprint density at radius 2 is 2.06 bits per heavy atom. The number of oxazole rings is 1. The predicted octanol–water partition coefficient (Wildman–Crippen LogP) is 4.79. The zero-order chi connectivity index (χ0) is 22.0. The van der Waals surface area contributed by atoms with Crippen LogP contribution >= 0.6 is 23.1 Å². The summed E-state index contributed by atoms with van der Waals surface area (Å²) in [6.07, 6.45) is 2.99. The molecule has 3 heterocycles. The second-order valence-corrected chi connectivity index (χ2v) is 8.73. The van der Waals surface area contributed by atoms with Gasteiger partial charge < -0.3 is 9.73 Å². The maximum Gasteiger partial charge on any atom is 0.277 e. The van der Waals surface area contributed by atoms with E-state index in [2.05, 4.69) is 21.9 Å². The van der Waals surface area contributed by atoms with Crippen molar-refractivity contribution in [3.05, 3.63) is 81.6 Å². The smallest absolute Gasteiger partial charge is 0.277 e. The minimum atomic E-state index is -0.346. The monoisotopic (exact) mass is 452 g/mol. The summed E-state index contributed by atoms with van der Waals surface area (Å²) in [4.78, 5) is 34.9. The molecular formula is C22H20N4O3S2.